The van der Waals surface area contributed by atoms with Gasteiger partial charge in [-0.05, 0) is 74.5 Å². The van der Waals surface area contributed by atoms with Gasteiger partial charge in [-0.2, -0.15) is 0 Å². The van der Waals surface area contributed by atoms with Crippen molar-refractivity contribution in [1.29, 1.82) is 0 Å². The highest BCUT2D eigenvalue weighted by atomic mass is 16.3. The molecule has 1 nitrogen and oxygen atoms in total. The van der Waals surface area contributed by atoms with E-state index < -0.39 is 0 Å². The van der Waals surface area contributed by atoms with Crippen LogP contribution in [0.1, 0.15) is 71.6 Å². The van der Waals surface area contributed by atoms with Crippen LogP contribution >= 0.6 is 0 Å². The molecule has 3 saturated carbocycles. The highest BCUT2D eigenvalue weighted by molar-refractivity contribution is 4.97. The van der Waals surface area contributed by atoms with E-state index in [-0.39, 0.29) is 5.60 Å². The van der Waals surface area contributed by atoms with Gasteiger partial charge in [0.1, 0.15) is 0 Å². The zero-order valence-corrected chi connectivity index (χ0v) is 12.2. The maximum absolute atomic E-state index is 11.1. The highest BCUT2D eigenvalue weighted by Crippen LogP contribution is 2.51. The molecule has 0 bridgehead atoms. The maximum Gasteiger partial charge on any atom is 0.0678 e. The van der Waals surface area contributed by atoms with Crippen molar-refractivity contribution in [3.63, 3.8) is 0 Å². The normalized spacial score (nSPS) is 50.2. The SMILES string of the molecule is CC1CCC(C2(O)CCCC(C3CC3)C2)CC1C. The third kappa shape index (κ3) is 2.48. The molecule has 1 N–H and O–H groups in total. The summed E-state index contributed by atoms with van der Waals surface area (Å²) in [4.78, 5) is 0. The van der Waals surface area contributed by atoms with E-state index >= 15 is 0 Å². The molecule has 0 spiro atoms. The molecule has 104 valence electrons. The molecule has 0 aromatic heterocycles. The molecular formula is C17H30O. The zero-order valence-electron chi connectivity index (χ0n) is 12.2. The Morgan fingerprint density at radius 3 is 2.33 bits per heavy atom. The van der Waals surface area contributed by atoms with Gasteiger partial charge in [0.05, 0.1) is 5.60 Å². The summed E-state index contributed by atoms with van der Waals surface area (Å²) in [6.07, 6.45) is 11.7. The van der Waals surface area contributed by atoms with E-state index in [0.717, 1.165) is 36.5 Å². The first-order valence-electron chi connectivity index (χ1n) is 8.31. The van der Waals surface area contributed by atoms with Gasteiger partial charge in [0.25, 0.3) is 0 Å². The second kappa shape index (κ2) is 4.81. The molecule has 0 radical (unpaired) electrons. The molecule has 0 amide bonds. The molecule has 3 aliphatic carbocycles. The monoisotopic (exact) mass is 250 g/mol. The first-order valence-corrected chi connectivity index (χ1v) is 8.31. The van der Waals surface area contributed by atoms with Crippen LogP contribution in [0.4, 0.5) is 0 Å². The Morgan fingerprint density at radius 2 is 1.67 bits per heavy atom. The average Bonchev–Trinajstić information content (AvgIpc) is 3.17. The van der Waals surface area contributed by atoms with E-state index in [1.165, 1.54) is 44.9 Å². The summed E-state index contributed by atoms with van der Waals surface area (Å²) in [5.41, 5.74) is -0.292. The number of hydrogen-bond acceptors (Lipinski definition) is 1. The molecule has 0 aromatic carbocycles. The Kier molecular flexibility index (Phi) is 3.47. The molecule has 3 rings (SSSR count). The lowest BCUT2D eigenvalue weighted by Gasteiger charge is -2.46. The van der Waals surface area contributed by atoms with E-state index in [1.54, 1.807) is 0 Å². The first-order chi connectivity index (χ1) is 8.58. The van der Waals surface area contributed by atoms with Crippen LogP contribution in [0, 0.1) is 29.6 Å². The minimum atomic E-state index is -0.292. The number of rotatable bonds is 2. The third-order valence-corrected chi connectivity index (χ3v) is 6.45. The summed E-state index contributed by atoms with van der Waals surface area (Å²) in [6, 6.07) is 0. The summed E-state index contributed by atoms with van der Waals surface area (Å²) < 4.78 is 0. The van der Waals surface area contributed by atoms with Crippen molar-refractivity contribution < 1.29 is 5.11 Å². The Morgan fingerprint density at radius 1 is 0.889 bits per heavy atom. The van der Waals surface area contributed by atoms with Crippen LogP contribution in [0.2, 0.25) is 0 Å². The predicted octanol–water partition coefficient (Wildman–Crippen LogP) is 4.39. The summed E-state index contributed by atoms with van der Waals surface area (Å²) in [5.74, 6) is 4.13. The third-order valence-electron chi connectivity index (χ3n) is 6.45. The fourth-order valence-corrected chi connectivity index (χ4v) is 4.70. The Balaban J connectivity index is 1.65. The van der Waals surface area contributed by atoms with E-state index in [1.807, 2.05) is 0 Å². The van der Waals surface area contributed by atoms with Gasteiger partial charge < -0.3 is 5.11 Å². The van der Waals surface area contributed by atoms with Crippen LogP contribution in [0.5, 0.6) is 0 Å². The Labute approximate surface area is 112 Å². The fourth-order valence-electron chi connectivity index (χ4n) is 4.70. The Hall–Kier alpha value is -0.0400. The lowest BCUT2D eigenvalue weighted by atomic mass is 9.63. The second-order valence-electron chi connectivity index (χ2n) is 7.76. The van der Waals surface area contributed by atoms with Gasteiger partial charge in [0, 0.05) is 0 Å². The van der Waals surface area contributed by atoms with Crippen molar-refractivity contribution in [3.8, 4) is 0 Å². The van der Waals surface area contributed by atoms with Gasteiger partial charge in [0.2, 0.25) is 0 Å². The van der Waals surface area contributed by atoms with Crippen molar-refractivity contribution >= 4 is 0 Å². The second-order valence-corrected chi connectivity index (χ2v) is 7.76. The molecule has 5 atom stereocenters. The lowest BCUT2D eigenvalue weighted by molar-refractivity contribution is -0.0885. The van der Waals surface area contributed by atoms with Gasteiger partial charge in [0.15, 0.2) is 0 Å². The quantitative estimate of drug-likeness (QED) is 0.770. The van der Waals surface area contributed by atoms with Crippen LogP contribution in [0.3, 0.4) is 0 Å². The fraction of sp³-hybridized carbons (Fsp3) is 1.00. The van der Waals surface area contributed by atoms with E-state index in [0.29, 0.717) is 5.92 Å². The van der Waals surface area contributed by atoms with Crippen molar-refractivity contribution in [2.75, 3.05) is 0 Å². The molecule has 1 heteroatoms. The minimum Gasteiger partial charge on any atom is -0.390 e. The lowest BCUT2D eigenvalue weighted by Crippen LogP contribution is -2.45. The van der Waals surface area contributed by atoms with E-state index in [4.69, 9.17) is 0 Å². The largest absolute Gasteiger partial charge is 0.390 e. The van der Waals surface area contributed by atoms with Crippen LogP contribution in [0.25, 0.3) is 0 Å². The minimum absolute atomic E-state index is 0.292. The van der Waals surface area contributed by atoms with Crippen LogP contribution in [0.15, 0.2) is 0 Å². The molecule has 0 heterocycles. The van der Waals surface area contributed by atoms with Gasteiger partial charge in [-0.1, -0.05) is 26.7 Å². The standard InChI is InChI=1S/C17H30O/c1-12-5-8-16(10-13(12)2)17(18)9-3-4-15(11-17)14-6-7-14/h12-16,18H,3-11H2,1-2H3. The van der Waals surface area contributed by atoms with Gasteiger partial charge in [-0.15, -0.1) is 0 Å². The Bertz CT molecular complexity index is 296. The molecule has 5 unspecified atom stereocenters. The molecular weight excluding hydrogens is 220 g/mol. The van der Waals surface area contributed by atoms with Gasteiger partial charge in [-0.3, -0.25) is 0 Å². The topological polar surface area (TPSA) is 20.2 Å². The molecule has 0 saturated heterocycles. The maximum atomic E-state index is 11.1. The van der Waals surface area contributed by atoms with Crippen molar-refractivity contribution in [1.82, 2.24) is 0 Å². The van der Waals surface area contributed by atoms with Crippen molar-refractivity contribution in [2.24, 2.45) is 29.6 Å². The first kappa shape index (κ1) is 13.0. The van der Waals surface area contributed by atoms with Crippen molar-refractivity contribution in [3.05, 3.63) is 0 Å². The number of hydrogen-bond donors (Lipinski definition) is 1. The predicted molar refractivity (Wildman–Crippen MR) is 75.3 cm³/mol. The van der Waals surface area contributed by atoms with E-state index in [2.05, 4.69) is 13.8 Å². The molecule has 18 heavy (non-hydrogen) atoms. The summed E-state index contributed by atoms with van der Waals surface area (Å²) in [7, 11) is 0. The van der Waals surface area contributed by atoms with Gasteiger partial charge in [-0.25, -0.2) is 0 Å². The highest BCUT2D eigenvalue weighted by Gasteiger charge is 2.46. The molecule has 3 aliphatic rings. The number of aliphatic hydroxyl groups is 1. The smallest absolute Gasteiger partial charge is 0.0678 e. The molecule has 0 aliphatic heterocycles. The van der Waals surface area contributed by atoms with E-state index in [9.17, 15) is 5.11 Å². The zero-order chi connectivity index (χ0) is 12.8. The van der Waals surface area contributed by atoms with Crippen molar-refractivity contribution in [2.45, 2.75) is 77.2 Å². The summed E-state index contributed by atoms with van der Waals surface area (Å²) in [6.45, 7) is 4.78. The van der Waals surface area contributed by atoms with Crippen LogP contribution < -0.4 is 0 Å². The average molecular weight is 250 g/mol. The summed E-state index contributed by atoms with van der Waals surface area (Å²) >= 11 is 0. The van der Waals surface area contributed by atoms with Crippen LogP contribution in [-0.2, 0) is 0 Å². The van der Waals surface area contributed by atoms with Gasteiger partial charge >= 0.3 is 0 Å². The molecule has 3 fully saturated rings. The summed E-state index contributed by atoms with van der Waals surface area (Å²) in [5, 5.41) is 11.1. The van der Waals surface area contributed by atoms with Crippen LogP contribution in [-0.4, -0.2) is 10.7 Å². The molecule has 0 aromatic rings.